The average molecular weight is 215 g/mol. The van der Waals surface area contributed by atoms with Gasteiger partial charge in [-0.05, 0) is 26.7 Å². The molecule has 0 heterocycles. The number of unbranched alkanes of at least 4 members (excludes halogenated alkanes) is 2. The van der Waals surface area contributed by atoms with Crippen LogP contribution in [0.4, 0.5) is 4.79 Å². The second-order valence-electron chi connectivity index (χ2n) is 4.13. The summed E-state index contributed by atoms with van der Waals surface area (Å²) in [6.07, 6.45) is 4.14. The van der Waals surface area contributed by atoms with Crippen molar-refractivity contribution in [1.29, 1.82) is 0 Å². The fourth-order valence-electron chi connectivity index (χ4n) is 1.27. The van der Waals surface area contributed by atoms with Crippen molar-refractivity contribution in [1.82, 2.24) is 4.90 Å². The van der Waals surface area contributed by atoms with E-state index in [-0.39, 0.29) is 12.2 Å². The zero-order valence-corrected chi connectivity index (χ0v) is 10.6. The van der Waals surface area contributed by atoms with E-state index in [0.29, 0.717) is 0 Å². The summed E-state index contributed by atoms with van der Waals surface area (Å²) < 4.78 is 5.19. The van der Waals surface area contributed by atoms with E-state index in [2.05, 4.69) is 13.8 Å². The van der Waals surface area contributed by atoms with Crippen LogP contribution < -0.4 is 0 Å². The summed E-state index contributed by atoms with van der Waals surface area (Å²) in [5, 5.41) is 0. The molecule has 0 atom stereocenters. The van der Waals surface area contributed by atoms with Crippen LogP contribution in [0.25, 0.3) is 0 Å². The highest BCUT2D eigenvalue weighted by atomic mass is 16.6. The number of rotatable bonds is 7. The van der Waals surface area contributed by atoms with Crippen LogP contribution in [0.15, 0.2) is 0 Å². The van der Waals surface area contributed by atoms with Crippen molar-refractivity contribution < 1.29 is 9.53 Å². The minimum Gasteiger partial charge on any atom is -0.447 e. The van der Waals surface area contributed by atoms with Crippen LogP contribution in [0.2, 0.25) is 0 Å². The molecule has 0 aromatic heterocycles. The van der Waals surface area contributed by atoms with Gasteiger partial charge in [0, 0.05) is 13.1 Å². The number of carbonyl (C=O) groups excluding carboxylic acids is 1. The van der Waals surface area contributed by atoms with E-state index >= 15 is 0 Å². The minimum atomic E-state index is -0.160. The lowest BCUT2D eigenvalue weighted by Gasteiger charge is -2.22. The largest absolute Gasteiger partial charge is 0.447 e. The van der Waals surface area contributed by atoms with Crippen molar-refractivity contribution >= 4 is 6.09 Å². The van der Waals surface area contributed by atoms with E-state index in [1.807, 2.05) is 18.7 Å². The third kappa shape index (κ3) is 7.23. The Labute approximate surface area is 93.8 Å². The molecule has 0 aliphatic rings. The highest BCUT2D eigenvalue weighted by Crippen LogP contribution is 2.03. The van der Waals surface area contributed by atoms with Gasteiger partial charge in [-0.15, -0.1) is 0 Å². The van der Waals surface area contributed by atoms with Gasteiger partial charge in [-0.25, -0.2) is 4.79 Å². The van der Waals surface area contributed by atoms with Gasteiger partial charge in [-0.3, -0.25) is 0 Å². The van der Waals surface area contributed by atoms with Crippen molar-refractivity contribution in [2.24, 2.45) is 0 Å². The van der Waals surface area contributed by atoms with Gasteiger partial charge < -0.3 is 9.64 Å². The molecule has 3 heteroatoms. The SMILES string of the molecule is CCCCN(CCCC)C(=O)OC(C)C. The minimum absolute atomic E-state index is 0.0248. The molecule has 0 spiro atoms. The Balaban J connectivity index is 4.01. The van der Waals surface area contributed by atoms with Crippen LogP contribution in [0.5, 0.6) is 0 Å². The molecule has 3 nitrogen and oxygen atoms in total. The van der Waals surface area contributed by atoms with Gasteiger partial charge in [0.05, 0.1) is 6.10 Å². The zero-order valence-electron chi connectivity index (χ0n) is 10.6. The molecule has 1 amide bonds. The molecule has 0 N–H and O–H groups in total. The summed E-state index contributed by atoms with van der Waals surface area (Å²) in [5.74, 6) is 0. The smallest absolute Gasteiger partial charge is 0.410 e. The third-order valence-corrected chi connectivity index (χ3v) is 2.16. The molecule has 0 unspecified atom stereocenters. The van der Waals surface area contributed by atoms with Crippen LogP contribution in [0.3, 0.4) is 0 Å². The van der Waals surface area contributed by atoms with E-state index in [0.717, 1.165) is 38.8 Å². The quantitative estimate of drug-likeness (QED) is 0.651. The summed E-state index contributed by atoms with van der Waals surface area (Å²) >= 11 is 0. The fraction of sp³-hybridized carbons (Fsp3) is 0.917. The Morgan fingerprint density at radius 2 is 1.60 bits per heavy atom. The molecule has 0 saturated heterocycles. The van der Waals surface area contributed by atoms with E-state index in [1.165, 1.54) is 0 Å². The van der Waals surface area contributed by atoms with Gasteiger partial charge in [0.25, 0.3) is 0 Å². The Kier molecular flexibility index (Phi) is 8.15. The maximum Gasteiger partial charge on any atom is 0.410 e. The van der Waals surface area contributed by atoms with Crippen LogP contribution in [-0.2, 0) is 4.74 Å². The van der Waals surface area contributed by atoms with E-state index in [9.17, 15) is 4.79 Å². The van der Waals surface area contributed by atoms with Crippen LogP contribution >= 0.6 is 0 Å². The van der Waals surface area contributed by atoms with Crippen LogP contribution in [-0.4, -0.2) is 30.2 Å². The average Bonchev–Trinajstić information content (AvgIpc) is 2.17. The van der Waals surface area contributed by atoms with Crippen molar-refractivity contribution in [2.45, 2.75) is 59.5 Å². The molecule has 0 aromatic rings. The molecule has 15 heavy (non-hydrogen) atoms. The molecule has 0 fully saturated rings. The molecule has 0 rings (SSSR count). The predicted octanol–water partition coefficient (Wildman–Crippen LogP) is 3.43. The molecule has 0 aliphatic carbocycles. The first kappa shape index (κ1) is 14.3. The number of amides is 1. The summed E-state index contributed by atoms with van der Waals surface area (Å²) in [6.45, 7) is 9.67. The van der Waals surface area contributed by atoms with E-state index in [1.54, 1.807) is 0 Å². The lowest BCUT2D eigenvalue weighted by molar-refractivity contribution is 0.0759. The van der Waals surface area contributed by atoms with Gasteiger partial charge in [0.2, 0.25) is 0 Å². The third-order valence-electron chi connectivity index (χ3n) is 2.16. The highest BCUT2D eigenvalue weighted by Gasteiger charge is 2.14. The standard InChI is InChI=1S/C12H25NO2/c1-5-7-9-13(10-8-6-2)12(14)15-11(3)4/h11H,5-10H2,1-4H3. The molecule has 0 bridgehead atoms. The summed E-state index contributed by atoms with van der Waals surface area (Å²) in [6, 6.07) is 0. The lowest BCUT2D eigenvalue weighted by Crippen LogP contribution is -2.34. The molecular weight excluding hydrogens is 190 g/mol. The number of hydrogen-bond donors (Lipinski definition) is 0. The van der Waals surface area contributed by atoms with Gasteiger partial charge in [-0.1, -0.05) is 26.7 Å². The van der Waals surface area contributed by atoms with Crippen molar-refractivity contribution in [2.75, 3.05) is 13.1 Å². The highest BCUT2D eigenvalue weighted by molar-refractivity contribution is 5.67. The predicted molar refractivity (Wildman–Crippen MR) is 63.0 cm³/mol. The van der Waals surface area contributed by atoms with Crippen molar-refractivity contribution in [3.8, 4) is 0 Å². The summed E-state index contributed by atoms with van der Waals surface area (Å²) in [5.41, 5.74) is 0. The topological polar surface area (TPSA) is 29.5 Å². The van der Waals surface area contributed by atoms with E-state index in [4.69, 9.17) is 4.74 Å². The van der Waals surface area contributed by atoms with Crippen LogP contribution in [0, 0.1) is 0 Å². The number of carbonyl (C=O) groups is 1. The molecule has 90 valence electrons. The lowest BCUT2D eigenvalue weighted by atomic mass is 10.3. The molecule has 0 aliphatic heterocycles. The first-order chi connectivity index (χ1) is 7.11. The Bertz CT molecular complexity index is 161. The van der Waals surface area contributed by atoms with Gasteiger partial charge in [-0.2, -0.15) is 0 Å². The van der Waals surface area contributed by atoms with E-state index < -0.39 is 0 Å². The molecule has 0 saturated carbocycles. The molecule has 0 aromatic carbocycles. The first-order valence-electron chi connectivity index (χ1n) is 6.07. The Hall–Kier alpha value is -0.730. The fourth-order valence-corrected chi connectivity index (χ4v) is 1.27. The first-order valence-corrected chi connectivity index (χ1v) is 6.07. The monoisotopic (exact) mass is 215 g/mol. The van der Waals surface area contributed by atoms with Crippen LogP contribution in [0.1, 0.15) is 53.4 Å². The van der Waals surface area contributed by atoms with Gasteiger partial charge in [0.1, 0.15) is 0 Å². The Morgan fingerprint density at radius 3 is 1.93 bits per heavy atom. The number of hydrogen-bond acceptors (Lipinski definition) is 2. The van der Waals surface area contributed by atoms with Gasteiger partial charge in [0.15, 0.2) is 0 Å². The maximum absolute atomic E-state index is 11.7. The number of nitrogens with zero attached hydrogens (tertiary/aromatic N) is 1. The molecule has 0 radical (unpaired) electrons. The van der Waals surface area contributed by atoms with Crippen molar-refractivity contribution in [3.05, 3.63) is 0 Å². The van der Waals surface area contributed by atoms with Crippen molar-refractivity contribution in [3.63, 3.8) is 0 Å². The molecular formula is C12H25NO2. The maximum atomic E-state index is 11.7. The summed E-state index contributed by atoms with van der Waals surface area (Å²) in [7, 11) is 0. The Morgan fingerprint density at radius 1 is 1.13 bits per heavy atom. The second-order valence-corrected chi connectivity index (χ2v) is 4.13. The normalized spacial score (nSPS) is 10.5. The van der Waals surface area contributed by atoms with Gasteiger partial charge >= 0.3 is 6.09 Å². The summed E-state index contributed by atoms with van der Waals surface area (Å²) in [4.78, 5) is 13.5. The number of ether oxygens (including phenoxy) is 1. The second kappa shape index (κ2) is 8.57. The zero-order chi connectivity index (χ0) is 11.7.